The number of pyridine rings is 1. The highest BCUT2D eigenvalue weighted by atomic mass is 16.4. The summed E-state index contributed by atoms with van der Waals surface area (Å²) in [5.41, 5.74) is 2.92. The molecule has 0 bridgehead atoms. The second kappa shape index (κ2) is 17.3. The van der Waals surface area contributed by atoms with Crippen LogP contribution in [0.5, 0.6) is 0 Å². The van der Waals surface area contributed by atoms with Crippen LogP contribution in [0, 0.1) is 0 Å². The first-order valence-corrected chi connectivity index (χ1v) is 16.5. The molecule has 2 aromatic heterocycles. The van der Waals surface area contributed by atoms with Crippen LogP contribution in [0.4, 0.5) is 0 Å². The Labute approximate surface area is 228 Å². The van der Waals surface area contributed by atoms with E-state index in [4.69, 9.17) is 14.4 Å². The fourth-order valence-corrected chi connectivity index (χ4v) is 6.70. The van der Waals surface area contributed by atoms with E-state index >= 15 is 0 Å². The Balaban J connectivity index is 1.36. The zero-order chi connectivity index (χ0) is 25.4. The SMILES string of the molecule is [B](c1nc2ccc(C3CCCCCCCCCCC3)nc2o1)C1CCCCCCCCCCCCCC1. The molecular weight excluding hydrogens is 451 g/mol. The molecule has 2 fully saturated rings. The minimum Gasteiger partial charge on any atom is -0.433 e. The normalized spacial score (nSPS) is 22.4. The van der Waals surface area contributed by atoms with Gasteiger partial charge >= 0.3 is 0 Å². The molecule has 0 N–H and O–H groups in total. The summed E-state index contributed by atoms with van der Waals surface area (Å²) in [6.07, 6.45) is 34.5. The van der Waals surface area contributed by atoms with Crippen LogP contribution in [-0.4, -0.2) is 17.2 Å². The first kappa shape index (κ1) is 28.7. The van der Waals surface area contributed by atoms with Gasteiger partial charge in [0.2, 0.25) is 13.0 Å². The van der Waals surface area contributed by atoms with E-state index in [1.807, 2.05) is 0 Å². The second-order valence-electron chi connectivity index (χ2n) is 12.3. The van der Waals surface area contributed by atoms with E-state index in [0.717, 1.165) is 17.0 Å². The molecule has 205 valence electrons. The van der Waals surface area contributed by atoms with Crippen molar-refractivity contribution in [2.45, 2.75) is 172 Å². The fourth-order valence-electron chi connectivity index (χ4n) is 6.70. The molecule has 2 saturated carbocycles. The highest BCUT2D eigenvalue weighted by Gasteiger charge is 2.19. The third-order valence-electron chi connectivity index (χ3n) is 9.10. The fraction of sp³-hybridized carbons (Fsp3) is 0.818. The van der Waals surface area contributed by atoms with E-state index in [9.17, 15) is 0 Å². The summed E-state index contributed by atoms with van der Waals surface area (Å²) in [7, 11) is 2.34. The van der Waals surface area contributed by atoms with Gasteiger partial charge in [-0.15, -0.1) is 0 Å². The van der Waals surface area contributed by atoms with E-state index in [1.54, 1.807) is 0 Å². The molecule has 4 heteroatoms. The number of hydrogen-bond acceptors (Lipinski definition) is 3. The predicted molar refractivity (Wildman–Crippen MR) is 159 cm³/mol. The molecule has 0 aromatic carbocycles. The minimum atomic E-state index is 0.574. The monoisotopic (exact) mass is 505 g/mol. The van der Waals surface area contributed by atoms with E-state index in [1.165, 1.54) is 166 Å². The molecule has 2 aromatic rings. The van der Waals surface area contributed by atoms with Crippen molar-refractivity contribution in [1.82, 2.24) is 9.97 Å². The van der Waals surface area contributed by atoms with Gasteiger partial charge in [-0.3, -0.25) is 0 Å². The van der Waals surface area contributed by atoms with Crippen LogP contribution >= 0.6 is 0 Å². The van der Waals surface area contributed by atoms with Crippen molar-refractivity contribution >= 4 is 24.3 Å². The predicted octanol–water partition coefficient (Wildman–Crippen LogP) is 10.2. The van der Waals surface area contributed by atoms with Crippen LogP contribution in [0.25, 0.3) is 11.2 Å². The highest BCUT2D eigenvalue weighted by Crippen LogP contribution is 2.30. The first-order valence-electron chi connectivity index (χ1n) is 16.5. The number of rotatable bonds is 3. The first-order chi connectivity index (χ1) is 18.4. The van der Waals surface area contributed by atoms with Gasteiger partial charge < -0.3 is 4.42 Å². The molecule has 0 saturated heterocycles. The molecule has 0 atom stereocenters. The van der Waals surface area contributed by atoms with Crippen molar-refractivity contribution in [3.8, 4) is 0 Å². The van der Waals surface area contributed by atoms with Crippen LogP contribution < -0.4 is 5.79 Å². The van der Waals surface area contributed by atoms with Crippen molar-refractivity contribution in [2.24, 2.45) is 0 Å². The number of aromatic nitrogens is 2. The molecule has 2 heterocycles. The van der Waals surface area contributed by atoms with E-state index in [-0.39, 0.29) is 0 Å². The van der Waals surface area contributed by atoms with Crippen molar-refractivity contribution in [3.05, 3.63) is 17.8 Å². The lowest BCUT2D eigenvalue weighted by Gasteiger charge is -2.17. The van der Waals surface area contributed by atoms with Gasteiger partial charge in [0.25, 0.3) is 0 Å². The zero-order valence-electron chi connectivity index (χ0n) is 23.9. The van der Waals surface area contributed by atoms with E-state index in [2.05, 4.69) is 19.4 Å². The van der Waals surface area contributed by atoms with Gasteiger partial charge in [0.15, 0.2) is 0 Å². The summed E-state index contributed by atoms with van der Waals surface area (Å²) >= 11 is 0. The molecule has 4 rings (SSSR count). The molecule has 2 aliphatic rings. The summed E-state index contributed by atoms with van der Waals surface area (Å²) in [5.74, 6) is 1.97. The Morgan fingerprint density at radius 3 is 1.43 bits per heavy atom. The van der Waals surface area contributed by atoms with Crippen molar-refractivity contribution in [3.63, 3.8) is 0 Å². The lowest BCUT2D eigenvalue weighted by molar-refractivity contribution is 0.461. The van der Waals surface area contributed by atoms with Gasteiger partial charge in [-0.1, -0.05) is 153 Å². The zero-order valence-corrected chi connectivity index (χ0v) is 23.9. The van der Waals surface area contributed by atoms with Crippen LogP contribution in [0.2, 0.25) is 5.82 Å². The topological polar surface area (TPSA) is 38.9 Å². The number of oxazole rings is 1. The standard InChI is InChI=1S/C33H54BN2O/c1-2-4-9-13-17-21-25-29(24-20-16-12-8-3-1)34-33-36-31-27-26-30(35-32(31)37-33)28-22-18-14-10-6-5-7-11-15-19-23-28/h26-29H,1-25H2. The van der Waals surface area contributed by atoms with E-state index in [0.29, 0.717) is 11.7 Å². The summed E-state index contributed by atoms with van der Waals surface area (Å²) in [6, 6.07) is 4.42. The lowest BCUT2D eigenvalue weighted by atomic mass is 9.60. The minimum absolute atomic E-state index is 0.574. The van der Waals surface area contributed by atoms with Gasteiger partial charge in [-0.2, -0.15) is 0 Å². The summed E-state index contributed by atoms with van der Waals surface area (Å²) in [5, 5.41) is 0. The van der Waals surface area contributed by atoms with Gasteiger partial charge in [0, 0.05) is 11.6 Å². The molecule has 1 radical (unpaired) electrons. The Morgan fingerprint density at radius 2 is 0.946 bits per heavy atom. The Morgan fingerprint density at radius 1 is 0.514 bits per heavy atom. The van der Waals surface area contributed by atoms with Crippen LogP contribution in [0.3, 0.4) is 0 Å². The van der Waals surface area contributed by atoms with Crippen molar-refractivity contribution in [2.75, 3.05) is 0 Å². The summed E-state index contributed by atoms with van der Waals surface area (Å²) in [4.78, 5) is 9.91. The molecule has 0 amide bonds. The summed E-state index contributed by atoms with van der Waals surface area (Å²) in [6.45, 7) is 0. The number of nitrogens with zero attached hydrogens (tertiary/aromatic N) is 2. The maximum absolute atomic E-state index is 6.29. The molecular formula is C33H54BN2O. The van der Waals surface area contributed by atoms with Crippen LogP contribution in [0.15, 0.2) is 16.5 Å². The Bertz CT molecular complexity index is 837. The number of hydrogen-bond donors (Lipinski definition) is 0. The maximum atomic E-state index is 6.29. The van der Waals surface area contributed by atoms with Gasteiger partial charge in [0.1, 0.15) is 11.3 Å². The molecule has 37 heavy (non-hydrogen) atoms. The third kappa shape index (κ3) is 10.8. The molecule has 0 spiro atoms. The second-order valence-corrected chi connectivity index (χ2v) is 12.3. The van der Waals surface area contributed by atoms with E-state index < -0.39 is 0 Å². The molecule has 0 aliphatic heterocycles. The van der Waals surface area contributed by atoms with Gasteiger partial charge in [0.05, 0.1) is 0 Å². The largest absolute Gasteiger partial charge is 0.433 e. The third-order valence-corrected chi connectivity index (χ3v) is 9.10. The van der Waals surface area contributed by atoms with Crippen molar-refractivity contribution in [1.29, 1.82) is 0 Å². The smallest absolute Gasteiger partial charge is 0.246 e. The lowest BCUT2D eigenvalue weighted by Crippen LogP contribution is -2.20. The van der Waals surface area contributed by atoms with Crippen LogP contribution in [0.1, 0.15) is 172 Å². The number of fused-ring (bicyclic) bond motifs is 1. The Hall–Kier alpha value is -1.32. The molecule has 3 nitrogen and oxygen atoms in total. The highest BCUT2D eigenvalue weighted by molar-refractivity contribution is 6.52. The average molecular weight is 506 g/mol. The maximum Gasteiger partial charge on any atom is 0.246 e. The van der Waals surface area contributed by atoms with Gasteiger partial charge in [-0.05, 0) is 25.0 Å². The van der Waals surface area contributed by atoms with Crippen molar-refractivity contribution < 1.29 is 4.42 Å². The quantitative estimate of drug-likeness (QED) is 0.390. The Kier molecular flexibility index (Phi) is 13.4. The van der Waals surface area contributed by atoms with Crippen LogP contribution in [-0.2, 0) is 0 Å². The van der Waals surface area contributed by atoms with Gasteiger partial charge in [-0.25, -0.2) is 9.97 Å². The molecule has 0 unspecified atom stereocenters. The average Bonchev–Trinajstić information content (AvgIpc) is 3.29. The summed E-state index contributed by atoms with van der Waals surface area (Å²) < 4.78 is 6.29. The molecule has 2 aliphatic carbocycles.